The zero-order valence-corrected chi connectivity index (χ0v) is 23.7. The van der Waals surface area contributed by atoms with Gasteiger partial charge in [-0.2, -0.15) is 0 Å². The van der Waals surface area contributed by atoms with Crippen LogP contribution in [-0.4, -0.2) is 35.9 Å². The van der Waals surface area contributed by atoms with Crippen molar-refractivity contribution in [2.45, 2.75) is 18.9 Å². The number of benzene rings is 4. The van der Waals surface area contributed by atoms with Crippen molar-refractivity contribution in [1.29, 1.82) is 0 Å². The van der Waals surface area contributed by atoms with Crippen LogP contribution in [0.1, 0.15) is 38.8 Å². The second kappa shape index (κ2) is 13.2. The summed E-state index contributed by atoms with van der Waals surface area (Å²) in [5.41, 5.74) is 14.4. The summed E-state index contributed by atoms with van der Waals surface area (Å²) in [5.74, 6) is -0.341. The third kappa shape index (κ3) is 6.05. The number of ether oxygens (including phenoxy) is 2. The van der Waals surface area contributed by atoms with E-state index in [0.717, 1.165) is 33.3 Å². The first-order chi connectivity index (χ1) is 20.5. The molecule has 1 heterocycles. The van der Waals surface area contributed by atoms with Crippen LogP contribution in [0.25, 0.3) is 21.3 Å². The molecule has 5 rings (SSSR count). The van der Waals surface area contributed by atoms with E-state index >= 15 is 0 Å². The van der Waals surface area contributed by atoms with Gasteiger partial charge in [0.05, 0.1) is 19.8 Å². The normalized spacial score (nSPS) is 10.9. The van der Waals surface area contributed by atoms with Gasteiger partial charge in [0.15, 0.2) is 0 Å². The van der Waals surface area contributed by atoms with Gasteiger partial charge in [0.1, 0.15) is 17.1 Å². The number of carboxylic acids is 1. The smallest absolute Gasteiger partial charge is 0.339 e. The molecule has 0 amide bonds. The predicted molar refractivity (Wildman–Crippen MR) is 164 cm³/mol. The number of nitrogens with zero attached hydrogens (tertiary/aromatic N) is 4. The average molecular weight is 581 g/mol. The quantitative estimate of drug-likeness (QED) is 0.0912. The second-order valence-electron chi connectivity index (χ2n) is 9.65. The summed E-state index contributed by atoms with van der Waals surface area (Å²) in [7, 11) is 1.43. The molecule has 212 valence electrons. The van der Waals surface area contributed by atoms with Crippen molar-refractivity contribution in [2.75, 3.05) is 20.3 Å². The van der Waals surface area contributed by atoms with Gasteiger partial charge in [0.25, 0.3) is 0 Å². The molecule has 0 aliphatic carbocycles. The van der Waals surface area contributed by atoms with E-state index in [9.17, 15) is 9.90 Å². The molecule has 5 aromatic rings. The lowest BCUT2D eigenvalue weighted by Crippen LogP contribution is -2.16. The second-order valence-corrected chi connectivity index (χ2v) is 10.1. The Morgan fingerprint density at radius 1 is 0.976 bits per heavy atom. The number of aromatic nitrogens is 1. The summed E-state index contributed by atoms with van der Waals surface area (Å²) in [6.45, 7) is 0.607. The highest BCUT2D eigenvalue weighted by molar-refractivity contribution is 6.31. The van der Waals surface area contributed by atoms with E-state index in [-0.39, 0.29) is 17.4 Å². The van der Waals surface area contributed by atoms with Gasteiger partial charge < -0.3 is 19.1 Å². The monoisotopic (exact) mass is 580 g/mol. The van der Waals surface area contributed by atoms with E-state index < -0.39 is 5.97 Å². The number of methoxy groups -OCH3 is 1. The molecule has 0 fully saturated rings. The molecule has 0 bridgehead atoms. The van der Waals surface area contributed by atoms with E-state index in [1.165, 1.54) is 13.2 Å². The third-order valence-corrected chi connectivity index (χ3v) is 7.44. The molecular formula is C33H29ClN4O4. The van der Waals surface area contributed by atoms with Crippen LogP contribution in [0, 0.1) is 0 Å². The molecule has 1 N–H and O–H groups in total. The lowest BCUT2D eigenvalue weighted by molar-refractivity contribution is 0.0693. The number of halogens is 1. The molecule has 8 nitrogen and oxygen atoms in total. The molecular weight excluding hydrogens is 552 g/mol. The molecule has 0 saturated carbocycles. The lowest BCUT2D eigenvalue weighted by Gasteiger charge is -2.25. The van der Waals surface area contributed by atoms with E-state index in [2.05, 4.69) is 38.9 Å². The van der Waals surface area contributed by atoms with Crippen molar-refractivity contribution in [3.05, 3.63) is 140 Å². The topological polar surface area (TPSA) is 109 Å². The van der Waals surface area contributed by atoms with Gasteiger partial charge in [-0.25, -0.2) is 4.79 Å². The minimum absolute atomic E-state index is 0.0655. The van der Waals surface area contributed by atoms with Crippen LogP contribution in [0.15, 0.2) is 102 Å². The third-order valence-electron chi connectivity index (χ3n) is 7.21. The van der Waals surface area contributed by atoms with Crippen LogP contribution >= 0.6 is 11.6 Å². The number of carbonyl (C=O) groups is 1. The summed E-state index contributed by atoms with van der Waals surface area (Å²) in [4.78, 5) is 14.5. The number of hydrogen-bond acceptors (Lipinski definition) is 4. The summed E-state index contributed by atoms with van der Waals surface area (Å²) in [5, 5.41) is 14.9. The number of rotatable bonds is 12. The molecule has 0 radical (unpaired) electrons. The van der Waals surface area contributed by atoms with Crippen molar-refractivity contribution in [1.82, 2.24) is 4.57 Å². The molecule has 0 aliphatic rings. The lowest BCUT2D eigenvalue weighted by atomic mass is 9.97. The molecule has 1 aromatic heterocycles. The first kappa shape index (κ1) is 28.6. The highest BCUT2D eigenvalue weighted by atomic mass is 35.5. The average Bonchev–Trinajstić information content (AvgIpc) is 3.30. The SMILES string of the molecule is COc1cc(OCCc2c(CCN=[N+]=[N-])n(C(c3ccccc3)c3ccccc3)c3ccc(Cl)cc23)ccc1C(=O)O. The summed E-state index contributed by atoms with van der Waals surface area (Å²) >= 11 is 6.53. The Hall–Kier alpha value is -4.91. The maximum absolute atomic E-state index is 11.5. The fraction of sp³-hybridized carbons (Fsp3) is 0.182. The van der Waals surface area contributed by atoms with Crippen LogP contribution < -0.4 is 9.47 Å². The molecule has 9 heteroatoms. The van der Waals surface area contributed by atoms with E-state index in [0.29, 0.717) is 36.8 Å². The first-order valence-electron chi connectivity index (χ1n) is 13.5. The van der Waals surface area contributed by atoms with Gasteiger partial charge in [-0.05, 0) is 59.0 Å². The van der Waals surface area contributed by atoms with Gasteiger partial charge in [-0.3, -0.25) is 0 Å². The zero-order chi connectivity index (χ0) is 29.5. The van der Waals surface area contributed by atoms with Crippen molar-refractivity contribution in [3.8, 4) is 11.5 Å². The molecule has 0 spiro atoms. The van der Waals surface area contributed by atoms with Crippen LogP contribution in [0.3, 0.4) is 0 Å². The maximum Gasteiger partial charge on any atom is 0.339 e. The molecule has 42 heavy (non-hydrogen) atoms. The Labute approximate surface area is 248 Å². The van der Waals surface area contributed by atoms with Gasteiger partial charge in [0.2, 0.25) is 0 Å². The van der Waals surface area contributed by atoms with Crippen molar-refractivity contribution in [3.63, 3.8) is 0 Å². The molecule has 4 aromatic carbocycles. The van der Waals surface area contributed by atoms with E-state index in [1.54, 1.807) is 12.1 Å². The Morgan fingerprint density at radius 2 is 1.67 bits per heavy atom. The minimum atomic E-state index is -1.07. The van der Waals surface area contributed by atoms with E-state index in [4.69, 9.17) is 26.6 Å². The number of aromatic carboxylic acids is 1. The number of carboxylic acid groups (broad SMARTS) is 1. The van der Waals surface area contributed by atoms with Gasteiger partial charge >= 0.3 is 5.97 Å². The Morgan fingerprint density at radius 3 is 2.29 bits per heavy atom. The van der Waals surface area contributed by atoms with Crippen LogP contribution in [0.2, 0.25) is 5.02 Å². The fourth-order valence-electron chi connectivity index (χ4n) is 5.42. The molecule has 0 unspecified atom stereocenters. The number of azide groups is 1. The van der Waals surface area contributed by atoms with Crippen LogP contribution in [-0.2, 0) is 12.8 Å². The summed E-state index contributed by atoms with van der Waals surface area (Å²) in [6, 6.07) is 31.0. The summed E-state index contributed by atoms with van der Waals surface area (Å²) < 4.78 is 13.7. The zero-order valence-electron chi connectivity index (χ0n) is 23.0. The molecule has 0 aliphatic heterocycles. The largest absolute Gasteiger partial charge is 0.496 e. The highest BCUT2D eigenvalue weighted by Crippen LogP contribution is 2.38. The Bertz CT molecular complexity index is 1710. The van der Waals surface area contributed by atoms with Crippen molar-refractivity contribution < 1.29 is 19.4 Å². The minimum Gasteiger partial charge on any atom is -0.496 e. The van der Waals surface area contributed by atoms with Gasteiger partial charge in [-0.1, -0.05) is 77.4 Å². The van der Waals surface area contributed by atoms with Crippen molar-refractivity contribution >= 4 is 28.5 Å². The first-order valence-corrected chi connectivity index (χ1v) is 13.9. The predicted octanol–water partition coefficient (Wildman–Crippen LogP) is 8.11. The van der Waals surface area contributed by atoms with E-state index in [1.807, 2.05) is 54.6 Å². The molecule has 0 saturated heterocycles. The van der Waals surface area contributed by atoms with Gasteiger partial charge in [-0.15, -0.1) is 0 Å². The van der Waals surface area contributed by atoms with Crippen molar-refractivity contribution in [2.24, 2.45) is 5.11 Å². The van der Waals surface area contributed by atoms with Crippen LogP contribution in [0.4, 0.5) is 0 Å². The Balaban J connectivity index is 1.61. The maximum atomic E-state index is 11.5. The Kier molecular flexibility index (Phi) is 8.97. The number of hydrogen-bond donors (Lipinski definition) is 1. The highest BCUT2D eigenvalue weighted by Gasteiger charge is 2.25. The van der Waals surface area contributed by atoms with Gasteiger partial charge in [0, 0.05) is 45.6 Å². The number of fused-ring (bicyclic) bond motifs is 1. The summed E-state index contributed by atoms with van der Waals surface area (Å²) in [6.07, 6.45) is 1.05. The van der Waals surface area contributed by atoms with Crippen LogP contribution in [0.5, 0.6) is 11.5 Å². The standard InChI is InChI=1S/C33H29ClN4O4/c1-41-31-21-25(13-14-27(31)33(39)40)42-19-17-26-28-20-24(34)12-15-29(28)38(30(26)16-18-36-37-35)32(22-8-4-2-5-9-22)23-10-6-3-7-11-23/h2-15,20-21,32H,16-19H2,1H3,(H,39,40). The molecule has 0 atom stereocenters. The fourth-order valence-corrected chi connectivity index (χ4v) is 5.59.